The van der Waals surface area contributed by atoms with Gasteiger partial charge in [0.05, 0.1) is 11.7 Å². The van der Waals surface area contributed by atoms with Crippen molar-refractivity contribution >= 4 is 5.91 Å². The Labute approximate surface area is 158 Å². The summed E-state index contributed by atoms with van der Waals surface area (Å²) < 4.78 is 5.05. The molecule has 5 nitrogen and oxygen atoms in total. The Balaban J connectivity index is 1.68. The van der Waals surface area contributed by atoms with Crippen molar-refractivity contribution in [1.82, 2.24) is 15.5 Å². The number of pyridine rings is 1. The second kappa shape index (κ2) is 7.35. The number of nitrogens with zero attached hydrogens (tertiary/aromatic N) is 2. The van der Waals surface area contributed by atoms with Crippen LogP contribution in [0, 0.1) is 6.92 Å². The fourth-order valence-corrected chi connectivity index (χ4v) is 3.82. The monoisotopic (exact) mass is 361 g/mol. The third-order valence-corrected chi connectivity index (χ3v) is 5.30. The molecule has 2 heterocycles. The molecule has 27 heavy (non-hydrogen) atoms. The van der Waals surface area contributed by atoms with Gasteiger partial charge in [-0.15, -0.1) is 0 Å². The Bertz CT molecular complexity index is 960. The average molecular weight is 361 g/mol. The van der Waals surface area contributed by atoms with E-state index in [4.69, 9.17) is 4.52 Å². The Morgan fingerprint density at radius 3 is 2.59 bits per heavy atom. The van der Waals surface area contributed by atoms with Crippen molar-refractivity contribution in [3.05, 3.63) is 59.7 Å². The van der Waals surface area contributed by atoms with Crippen molar-refractivity contribution in [1.29, 1.82) is 0 Å². The molecular formula is C22H23N3O2. The minimum Gasteiger partial charge on any atom is -0.364 e. The van der Waals surface area contributed by atoms with Gasteiger partial charge in [-0.25, -0.2) is 0 Å². The number of benzene rings is 1. The van der Waals surface area contributed by atoms with Gasteiger partial charge in [0.2, 0.25) is 5.91 Å². The zero-order valence-electron chi connectivity index (χ0n) is 15.7. The fourth-order valence-electron chi connectivity index (χ4n) is 3.82. The molecule has 1 atom stereocenters. The number of carbonyl (C=O) groups is 1. The summed E-state index contributed by atoms with van der Waals surface area (Å²) in [5.41, 5.74) is 7.72. The van der Waals surface area contributed by atoms with Gasteiger partial charge >= 0.3 is 0 Å². The minimum absolute atomic E-state index is 0.0626. The molecule has 1 aliphatic carbocycles. The Morgan fingerprint density at radius 2 is 1.93 bits per heavy atom. The second-order valence-corrected chi connectivity index (χ2v) is 7.01. The first-order chi connectivity index (χ1) is 13.2. The van der Waals surface area contributed by atoms with Crippen molar-refractivity contribution < 1.29 is 9.32 Å². The van der Waals surface area contributed by atoms with E-state index in [0.717, 1.165) is 52.8 Å². The summed E-state index contributed by atoms with van der Waals surface area (Å²) in [6.45, 7) is 3.82. The van der Waals surface area contributed by atoms with Crippen LogP contribution < -0.4 is 5.32 Å². The van der Waals surface area contributed by atoms with E-state index in [2.05, 4.69) is 39.7 Å². The molecule has 1 N–H and O–H groups in total. The molecule has 0 aliphatic heterocycles. The van der Waals surface area contributed by atoms with Crippen LogP contribution in [0.1, 0.15) is 49.0 Å². The lowest BCUT2D eigenvalue weighted by atomic mass is 9.84. The van der Waals surface area contributed by atoms with Crippen molar-refractivity contribution in [3.63, 3.8) is 0 Å². The third-order valence-electron chi connectivity index (χ3n) is 5.30. The van der Waals surface area contributed by atoms with Crippen LogP contribution in [0.25, 0.3) is 22.3 Å². The van der Waals surface area contributed by atoms with E-state index in [0.29, 0.717) is 6.42 Å². The summed E-state index contributed by atoms with van der Waals surface area (Å²) in [5.74, 6) is 0.0895. The number of hydrogen-bond donors (Lipinski definition) is 1. The highest BCUT2D eigenvalue weighted by Crippen LogP contribution is 2.36. The van der Waals surface area contributed by atoms with E-state index in [-0.39, 0.29) is 11.9 Å². The summed E-state index contributed by atoms with van der Waals surface area (Å²) in [5, 5.41) is 7.09. The van der Waals surface area contributed by atoms with Crippen LogP contribution in [0.15, 0.2) is 47.4 Å². The highest BCUT2D eigenvalue weighted by Gasteiger charge is 2.24. The van der Waals surface area contributed by atoms with Gasteiger partial charge in [0.25, 0.3) is 0 Å². The molecule has 0 radical (unpaired) electrons. The van der Waals surface area contributed by atoms with Crippen LogP contribution in [0.4, 0.5) is 0 Å². The zero-order chi connectivity index (χ0) is 18.8. The maximum Gasteiger partial charge on any atom is 0.220 e. The first-order valence-electron chi connectivity index (χ1n) is 9.45. The number of rotatable bonds is 4. The lowest BCUT2D eigenvalue weighted by Crippen LogP contribution is -2.30. The highest BCUT2D eigenvalue weighted by molar-refractivity contribution is 5.77. The number of amides is 1. The largest absolute Gasteiger partial charge is 0.364 e. The van der Waals surface area contributed by atoms with Crippen molar-refractivity contribution in [2.75, 3.05) is 0 Å². The van der Waals surface area contributed by atoms with Gasteiger partial charge in [-0.1, -0.05) is 36.3 Å². The molecule has 0 spiro atoms. The van der Waals surface area contributed by atoms with Crippen LogP contribution in [-0.2, 0) is 11.2 Å². The average Bonchev–Trinajstić information content (AvgIpc) is 3.14. The summed E-state index contributed by atoms with van der Waals surface area (Å²) in [6.07, 6.45) is 9.07. The SMILES string of the molecule is CCC(=O)N[C@@H]1CCCc2c(-c3ccc(-c4conc4C)cc3)cncc21. The van der Waals surface area contributed by atoms with Crippen molar-refractivity contribution in [2.45, 2.75) is 45.6 Å². The molecule has 0 bridgehead atoms. The standard InChI is InChI=1S/C22H23N3O2/c1-3-22(26)24-21-6-4-5-17-18(11-23-12-19(17)21)15-7-9-16(10-8-15)20-13-27-25-14(20)2/h7-13,21H,3-6H2,1-2H3,(H,24,26)/t21-/m1/s1. The Kier molecular flexibility index (Phi) is 4.75. The molecule has 4 rings (SSSR count). The van der Waals surface area contributed by atoms with Crippen LogP contribution >= 0.6 is 0 Å². The lowest BCUT2D eigenvalue weighted by Gasteiger charge is -2.27. The first kappa shape index (κ1) is 17.5. The van der Waals surface area contributed by atoms with Crippen LogP contribution in [-0.4, -0.2) is 16.0 Å². The van der Waals surface area contributed by atoms with Gasteiger partial charge in [-0.05, 0) is 48.4 Å². The van der Waals surface area contributed by atoms with E-state index in [1.54, 1.807) is 6.26 Å². The van der Waals surface area contributed by atoms with Crippen LogP contribution in [0.3, 0.4) is 0 Å². The first-order valence-corrected chi connectivity index (χ1v) is 9.45. The molecule has 0 saturated heterocycles. The quantitative estimate of drug-likeness (QED) is 0.736. The summed E-state index contributed by atoms with van der Waals surface area (Å²) in [4.78, 5) is 16.3. The summed E-state index contributed by atoms with van der Waals surface area (Å²) >= 11 is 0. The normalized spacial score (nSPS) is 16.0. The van der Waals surface area contributed by atoms with E-state index in [1.807, 2.05) is 26.2 Å². The molecule has 1 aromatic carbocycles. The predicted molar refractivity (Wildman–Crippen MR) is 104 cm³/mol. The molecule has 1 amide bonds. The molecule has 138 valence electrons. The number of hydrogen-bond acceptors (Lipinski definition) is 4. The van der Waals surface area contributed by atoms with E-state index in [9.17, 15) is 4.79 Å². The van der Waals surface area contributed by atoms with E-state index >= 15 is 0 Å². The van der Waals surface area contributed by atoms with Gasteiger partial charge in [-0.2, -0.15) is 0 Å². The van der Waals surface area contributed by atoms with Crippen molar-refractivity contribution in [2.24, 2.45) is 0 Å². The van der Waals surface area contributed by atoms with Gasteiger partial charge in [0.1, 0.15) is 6.26 Å². The Morgan fingerprint density at radius 1 is 1.19 bits per heavy atom. The van der Waals surface area contributed by atoms with Crippen LogP contribution in [0.5, 0.6) is 0 Å². The summed E-state index contributed by atoms with van der Waals surface area (Å²) in [7, 11) is 0. The van der Waals surface area contributed by atoms with E-state index in [1.165, 1.54) is 5.56 Å². The number of carbonyl (C=O) groups excluding carboxylic acids is 1. The molecule has 2 aromatic heterocycles. The van der Waals surface area contributed by atoms with Crippen molar-refractivity contribution in [3.8, 4) is 22.3 Å². The maximum atomic E-state index is 11.9. The minimum atomic E-state index is 0.0626. The molecule has 0 saturated carbocycles. The third kappa shape index (κ3) is 3.37. The van der Waals surface area contributed by atoms with Gasteiger partial charge in [-0.3, -0.25) is 9.78 Å². The second-order valence-electron chi connectivity index (χ2n) is 7.01. The molecule has 0 fully saturated rings. The molecule has 3 aromatic rings. The highest BCUT2D eigenvalue weighted by atomic mass is 16.5. The zero-order valence-corrected chi connectivity index (χ0v) is 15.7. The lowest BCUT2D eigenvalue weighted by molar-refractivity contribution is -0.121. The fraction of sp³-hybridized carbons (Fsp3) is 0.318. The molecule has 1 aliphatic rings. The maximum absolute atomic E-state index is 11.9. The number of fused-ring (bicyclic) bond motifs is 1. The summed E-state index contributed by atoms with van der Waals surface area (Å²) in [6, 6.07) is 8.48. The van der Waals surface area contributed by atoms with Gasteiger partial charge in [0.15, 0.2) is 0 Å². The molecule has 0 unspecified atom stereocenters. The molecule has 5 heteroatoms. The Hall–Kier alpha value is -2.95. The topological polar surface area (TPSA) is 68.0 Å². The van der Waals surface area contributed by atoms with Gasteiger partial charge in [0, 0.05) is 29.9 Å². The predicted octanol–water partition coefficient (Wildman–Crippen LogP) is 4.62. The van der Waals surface area contributed by atoms with Gasteiger partial charge < -0.3 is 9.84 Å². The van der Waals surface area contributed by atoms with E-state index < -0.39 is 0 Å². The smallest absolute Gasteiger partial charge is 0.220 e. The van der Waals surface area contributed by atoms with Crippen LogP contribution in [0.2, 0.25) is 0 Å². The number of aryl methyl sites for hydroxylation is 1. The number of aromatic nitrogens is 2. The molecular weight excluding hydrogens is 338 g/mol. The number of nitrogens with one attached hydrogen (secondary N) is 1.